The number of piperidine rings is 1. The van der Waals surface area contributed by atoms with Gasteiger partial charge in [0, 0.05) is 24.7 Å². The molecule has 2 aliphatic rings. The molecule has 2 fully saturated rings. The van der Waals surface area contributed by atoms with Crippen LogP contribution in [0.3, 0.4) is 0 Å². The molecule has 1 aliphatic heterocycles. The van der Waals surface area contributed by atoms with Crippen LogP contribution >= 0.6 is 0 Å². The number of nitrogens with zero attached hydrogens (tertiary/aromatic N) is 1. The molecule has 1 saturated carbocycles. The molecule has 106 valence electrons. The van der Waals surface area contributed by atoms with Crippen LogP contribution in [-0.4, -0.2) is 36.1 Å². The topological polar surface area (TPSA) is 15.3 Å². The zero-order chi connectivity index (χ0) is 13.0. The van der Waals surface area contributed by atoms with Gasteiger partial charge in [-0.25, -0.2) is 0 Å². The average Bonchev–Trinajstić information content (AvgIpc) is 2.37. The standard InChI is InChI=1S/C16H32N2/c1-13-9-10-18(14(2)11-13)15(3)12-17-16-7-5-4-6-8-16/h13-17H,4-12H2,1-3H3. The van der Waals surface area contributed by atoms with E-state index in [1.165, 1.54) is 58.0 Å². The van der Waals surface area contributed by atoms with E-state index in [-0.39, 0.29) is 0 Å². The summed E-state index contributed by atoms with van der Waals surface area (Å²) in [6, 6.07) is 2.28. The first-order chi connectivity index (χ1) is 8.66. The van der Waals surface area contributed by atoms with E-state index in [4.69, 9.17) is 0 Å². The Balaban J connectivity index is 1.71. The number of rotatable bonds is 4. The maximum absolute atomic E-state index is 3.81. The molecule has 0 aromatic rings. The van der Waals surface area contributed by atoms with Crippen LogP contribution in [0.25, 0.3) is 0 Å². The Bertz CT molecular complexity index is 235. The van der Waals surface area contributed by atoms with Gasteiger partial charge in [-0.3, -0.25) is 4.90 Å². The molecule has 1 saturated heterocycles. The lowest BCUT2D eigenvalue weighted by molar-refractivity contribution is 0.0866. The molecule has 1 heterocycles. The molecule has 0 bridgehead atoms. The summed E-state index contributed by atoms with van der Waals surface area (Å²) in [5.74, 6) is 0.926. The Morgan fingerprint density at radius 1 is 1.11 bits per heavy atom. The molecule has 3 atom stereocenters. The maximum Gasteiger partial charge on any atom is 0.0195 e. The Morgan fingerprint density at radius 3 is 2.50 bits per heavy atom. The predicted molar refractivity (Wildman–Crippen MR) is 78.9 cm³/mol. The molecular weight excluding hydrogens is 220 g/mol. The van der Waals surface area contributed by atoms with E-state index in [0.29, 0.717) is 6.04 Å². The highest BCUT2D eigenvalue weighted by molar-refractivity contribution is 4.83. The third-order valence-electron chi connectivity index (χ3n) is 5.06. The van der Waals surface area contributed by atoms with E-state index < -0.39 is 0 Å². The van der Waals surface area contributed by atoms with E-state index >= 15 is 0 Å². The molecule has 1 N–H and O–H groups in total. The summed E-state index contributed by atoms with van der Waals surface area (Å²) in [7, 11) is 0. The first-order valence-electron chi connectivity index (χ1n) is 8.16. The molecule has 2 nitrogen and oxygen atoms in total. The van der Waals surface area contributed by atoms with Gasteiger partial charge in [0.2, 0.25) is 0 Å². The van der Waals surface area contributed by atoms with E-state index in [0.717, 1.165) is 18.0 Å². The van der Waals surface area contributed by atoms with Gasteiger partial charge in [0.05, 0.1) is 0 Å². The fraction of sp³-hybridized carbons (Fsp3) is 1.00. The molecule has 0 aromatic carbocycles. The van der Waals surface area contributed by atoms with Crippen molar-refractivity contribution in [3.63, 3.8) is 0 Å². The summed E-state index contributed by atoms with van der Waals surface area (Å²) < 4.78 is 0. The van der Waals surface area contributed by atoms with E-state index in [1.807, 2.05) is 0 Å². The van der Waals surface area contributed by atoms with Crippen molar-refractivity contribution >= 4 is 0 Å². The SMILES string of the molecule is CC1CCN(C(C)CNC2CCCCC2)C(C)C1. The summed E-state index contributed by atoms with van der Waals surface area (Å²) in [4.78, 5) is 2.72. The molecule has 18 heavy (non-hydrogen) atoms. The second-order valence-electron chi connectivity index (χ2n) is 6.81. The second-order valence-corrected chi connectivity index (χ2v) is 6.81. The van der Waals surface area contributed by atoms with E-state index in [9.17, 15) is 0 Å². The van der Waals surface area contributed by atoms with Gasteiger partial charge >= 0.3 is 0 Å². The highest BCUT2D eigenvalue weighted by Gasteiger charge is 2.26. The Hall–Kier alpha value is -0.0800. The first kappa shape index (κ1) is 14.3. The van der Waals surface area contributed by atoms with Gasteiger partial charge < -0.3 is 5.32 Å². The minimum atomic E-state index is 0.703. The van der Waals surface area contributed by atoms with Crippen molar-refractivity contribution in [2.24, 2.45) is 5.92 Å². The summed E-state index contributed by atoms with van der Waals surface area (Å²) in [5.41, 5.74) is 0. The Kier molecular flexibility index (Phi) is 5.50. The maximum atomic E-state index is 3.81. The van der Waals surface area contributed by atoms with Crippen molar-refractivity contribution in [3.05, 3.63) is 0 Å². The summed E-state index contributed by atoms with van der Waals surface area (Å²) >= 11 is 0. The largest absolute Gasteiger partial charge is 0.312 e. The lowest BCUT2D eigenvalue weighted by atomic mass is 9.92. The summed E-state index contributed by atoms with van der Waals surface area (Å²) in [6.07, 6.45) is 9.90. The van der Waals surface area contributed by atoms with Crippen LogP contribution in [0.15, 0.2) is 0 Å². The lowest BCUT2D eigenvalue weighted by Crippen LogP contribution is -2.50. The highest BCUT2D eigenvalue weighted by atomic mass is 15.2. The third kappa shape index (κ3) is 3.96. The van der Waals surface area contributed by atoms with Crippen molar-refractivity contribution in [1.29, 1.82) is 0 Å². The quantitative estimate of drug-likeness (QED) is 0.825. The van der Waals surface area contributed by atoms with Crippen LogP contribution < -0.4 is 5.32 Å². The van der Waals surface area contributed by atoms with Gasteiger partial charge in [0.15, 0.2) is 0 Å². The number of hydrogen-bond donors (Lipinski definition) is 1. The van der Waals surface area contributed by atoms with Gasteiger partial charge in [0.25, 0.3) is 0 Å². The molecule has 2 rings (SSSR count). The first-order valence-corrected chi connectivity index (χ1v) is 8.16. The second kappa shape index (κ2) is 6.91. The number of hydrogen-bond acceptors (Lipinski definition) is 2. The van der Waals surface area contributed by atoms with Crippen molar-refractivity contribution in [2.75, 3.05) is 13.1 Å². The van der Waals surface area contributed by atoms with Crippen LogP contribution in [0, 0.1) is 5.92 Å². The molecule has 1 aliphatic carbocycles. The summed E-state index contributed by atoms with van der Waals surface area (Å²) in [5, 5.41) is 3.81. The van der Waals surface area contributed by atoms with Gasteiger partial charge in [-0.2, -0.15) is 0 Å². The van der Waals surface area contributed by atoms with E-state index in [2.05, 4.69) is 31.0 Å². The van der Waals surface area contributed by atoms with Crippen molar-refractivity contribution < 1.29 is 0 Å². The Morgan fingerprint density at radius 2 is 1.83 bits per heavy atom. The molecule has 0 aromatic heterocycles. The van der Waals surface area contributed by atoms with Crippen molar-refractivity contribution in [1.82, 2.24) is 10.2 Å². The third-order valence-corrected chi connectivity index (χ3v) is 5.06. The number of likely N-dealkylation sites (tertiary alicyclic amines) is 1. The van der Waals surface area contributed by atoms with Gasteiger partial charge in [-0.05, 0) is 52.0 Å². The van der Waals surface area contributed by atoms with Gasteiger partial charge in [-0.15, -0.1) is 0 Å². The zero-order valence-electron chi connectivity index (χ0n) is 12.6. The van der Waals surface area contributed by atoms with Gasteiger partial charge in [-0.1, -0.05) is 26.2 Å². The zero-order valence-corrected chi connectivity index (χ0v) is 12.6. The summed E-state index contributed by atoms with van der Waals surface area (Å²) in [6.45, 7) is 9.70. The predicted octanol–water partition coefficient (Wildman–Crippen LogP) is 3.42. The minimum absolute atomic E-state index is 0.703. The molecular formula is C16H32N2. The Labute approximate surface area is 114 Å². The van der Waals surface area contributed by atoms with Crippen molar-refractivity contribution in [3.8, 4) is 0 Å². The van der Waals surface area contributed by atoms with Crippen LogP contribution in [0.2, 0.25) is 0 Å². The molecule has 0 radical (unpaired) electrons. The molecule has 2 heteroatoms. The van der Waals surface area contributed by atoms with Crippen LogP contribution in [0.4, 0.5) is 0 Å². The van der Waals surface area contributed by atoms with E-state index in [1.54, 1.807) is 0 Å². The van der Waals surface area contributed by atoms with Gasteiger partial charge in [0.1, 0.15) is 0 Å². The lowest BCUT2D eigenvalue weighted by Gasteiger charge is -2.41. The molecule has 0 spiro atoms. The van der Waals surface area contributed by atoms with Crippen LogP contribution in [0.5, 0.6) is 0 Å². The normalized spacial score (nSPS) is 33.5. The monoisotopic (exact) mass is 252 g/mol. The fourth-order valence-electron chi connectivity index (χ4n) is 3.84. The number of nitrogens with one attached hydrogen (secondary N) is 1. The van der Waals surface area contributed by atoms with Crippen molar-refractivity contribution in [2.45, 2.75) is 83.8 Å². The molecule has 3 unspecified atom stereocenters. The average molecular weight is 252 g/mol. The smallest absolute Gasteiger partial charge is 0.0195 e. The minimum Gasteiger partial charge on any atom is -0.312 e. The van der Waals surface area contributed by atoms with Crippen LogP contribution in [0.1, 0.15) is 65.7 Å². The fourth-order valence-corrected chi connectivity index (χ4v) is 3.84. The highest BCUT2D eigenvalue weighted by Crippen LogP contribution is 2.24. The molecule has 0 amide bonds. The van der Waals surface area contributed by atoms with Crippen LogP contribution in [-0.2, 0) is 0 Å².